The molecule has 34 heavy (non-hydrogen) atoms. The highest BCUT2D eigenvalue weighted by atomic mass is 35.5. The molecule has 9 nitrogen and oxygen atoms in total. The number of hydrogen-bond donors (Lipinski definition) is 1. The number of hydrogen-bond acceptors (Lipinski definition) is 6. The van der Waals surface area contributed by atoms with Crippen molar-refractivity contribution in [3.63, 3.8) is 0 Å². The summed E-state index contributed by atoms with van der Waals surface area (Å²) in [6.45, 7) is 4.23. The second kappa shape index (κ2) is 10.3. The number of ether oxygens (including phenoxy) is 1. The number of rotatable bonds is 7. The number of carbonyl (C=O) groups excluding carboxylic acids is 2. The first-order chi connectivity index (χ1) is 16.4. The Hall–Kier alpha value is -3.27. The van der Waals surface area contributed by atoms with Crippen LogP contribution in [0.5, 0.6) is 0 Å². The number of nitrogens with one attached hydrogen (secondary N) is 1. The lowest BCUT2D eigenvalue weighted by Crippen LogP contribution is -3.14. The Bertz CT molecular complexity index is 1110. The van der Waals surface area contributed by atoms with Crippen molar-refractivity contribution < 1.29 is 29.3 Å². The number of nitrogens with zero attached hydrogens (tertiary/aromatic N) is 2. The number of nitro groups is 1. The fraction of sp³-hybridized carbons (Fsp3) is 0.333. The maximum absolute atomic E-state index is 13.3. The van der Waals surface area contributed by atoms with Gasteiger partial charge in [0.1, 0.15) is 13.1 Å². The predicted octanol–water partition coefficient (Wildman–Crippen LogP) is 0.777. The number of quaternary nitrogens is 1. The third-order valence-electron chi connectivity index (χ3n) is 6.18. The van der Waals surface area contributed by atoms with E-state index in [2.05, 4.69) is 0 Å². The summed E-state index contributed by atoms with van der Waals surface area (Å²) in [5.41, 5.74) is 0.445. The van der Waals surface area contributed by atoms with Gasteiger partial charge >= 0.3 is 0 Å². The fourth-order valence-electron chi connectivity index (χ4n) is 4.39. The molecule has 1 atom stereocenters. The van der Waals surface area contributed by atoms with Gasteiger partial charge in [-0.15, -0.1) is 0 Å². The first-order valence-corrected chi connectivity index (χ1v) is 11.4. The van der Waals surface area contributed by atoms with Crippen molar-refractivity contribution in [2.75, 3.05) is 39.4 Å². The van der Waals surface area contributed by atoms with E-state index < -0.39 is 28.4 Å². The van der Waals surface area contributed by atoms with E-state index in [0.29, 0.717) is 30.2 Å². The Morgan fingerprint density at radius 3 is 2.35 bits per heavy atom. The van der Waals surface area contributed by atoms with Crippen LogP contribution in [0.15, 0.2) is 54.1 Å². The molecule has 178 valence electrons. The smallest absolute Gasteiger partial charge is 0.295 e. The quantitative estimate of drug-likeness (QED) is 0.203. The van der Waals surface area contributed by atoms with Crippen LogP contribution in [0.2, 0.25) is 5.02 Å². The molecule has 2 aliphatic heterocycles. The second-order valence-corrected chi connectivity index (χ2v) is 8.73. The molecule has 4 rings (SSSR count). The van der Waals surface area contributed by atoms with Gasteiger partial charge in [-0.2, -0.15) is 0 Å². The molecule has 2 aromatic carbocycles. The van der Waals surface area contributed by atoms with E-state index in [9.17, 15) is 24.8 Å². The van der Waals surface area contributed by atoms with Gasteiger partial charge in [0.2, 0.25) is 5.78 Å². The van der Waals surface area contributed by atoms with Crippen LogP contribution in [0, 0.1) is 10.1 Å². The third kappa shape index (κ3) is 4.96. The Morgan fingerprint density at radius 2 is 1.74 bits per heavy atom. The molecule has 10 heteroatoms. The van der Waals surface area contributed by atoms with E-state index in [0.717, 1.165) is 19.6 Å². The maximum atomic E-state index is 13.3. The molecular formula is C24H24ClN3O6. The number of carbonyl (C=O) groups is 2. The molecule has 2 saturated heterocycles. The zero-order valence-corrected chi connectivity index (χ0v) is 19.1. The van der Waals surface area contributed by atoms with Gasteiger partial charge in [0, 0.05) is 35.7 Å². The highest BCUT2D eigenvalue weighted by molar-refractivity contribution is 6.46. The SMILES string of the molecule is O=C1C(=O)N(CCC[NH+]2CCOCC2)C(c2ccc([N+](=O)[O-])cc2)C1=C([O-])c1ccc(Cl)cc1. The lowest BCUT2D eigenvalue weighted by Gasteiger charge is -2.29. The van der Waals surface area contributed by atoms with Gasteiger partial charge in [0.05, 0.1) is 30.7 Å². The van der Waals surface area contributed by atoms with Crippen LogP contribution in [-0.2, 0) is 14.3 Å². The second-order valence-electron chi connectivity index (χ2n) is 8.29. The summed E-state index contributed by atoms with van der Waals surface area (Å²) >= 11 is 5.92. The summed E-state index contributed by atoms with van der Waals surface area (Å²) in [6.07, 6.45) is 0.639. The van der Waals surface area contributed by atoms with E-state index in [1.165, 1.54) is 46.2 Å². The van der Waals surface area contributed by atoms with Crippen LogP contribution in [0.1, 0.15) is 23.6 Å². The number of likely N-dealkylation sites (tertiary alicyclic amines) is 1. The molecule has 0 bridgehead atoms. The van der Waals surface area contributed by atoms with Crippen LogP contribution in [-0.4, -0.2) is 60.9 Å². The number of Topliss-reactive ketones (excluding diaryl/α,β-unsaturated/α-hetero) is 1. The standard InChI is InChI=1S/C24H24ClN3O6/c25-18-6-2-17(3-7-18)22(29)20-21(16-4-8-19(9-5-16)28(32)33)27(24(31)23(20)30)11-1-10-26-12-14-34-15-13-26/h2-9,21,29H,1,10-15H2. The zero-order chi connectivity index (χ0) is 24.2. The van der Waals surface area contributed by atoms with E-state index in [-0.39, 0.29) is 23.4 Å². The molecule has 0 aromatic heterocycles. The van der Waals surface area contributed by atoms with Crippen molar-refractivity contribution in [2.24, 2.45) is 0 Å². The molecule has 2 aromatic rings. The van der Waals surface area contributed by atoms with Crippen molar-refractivity contribution in [2.45, 2.75) is 12.5 Å². The van der Waals surface area contributed by atoms with E-state index in [1.807, 2.05) is 0 Å². The van der Waals surface area contributed by atoms with Crippen molar-refractivity contribution in [1.29, 1.82) is 0 Å². The number of halogens is 1. The van der Waals surface area contributed by atoms with E-state index >= 15 is 0 Å². The van der Waals surface area contributed by atoms with Crippen molar-refractivity contribution in [3.8, 4) is 0 Å². The number of ketones is 1. The minimum atomic E-state index is -0.913. The first kappa shape index (κ1) is 23.9. The van der Waals surface area contributed by atoms with Crippen LogP contribution in [0.25, 0.3) is 5.76 Å². The molecule has 0 spiro atoms. The van der Waals surface area contributed by atoms with Crippen molar-refractivity contribution in [3.05, 3.63) is 80.4 Å². The predicted molar refractivity (Wildman–Crippen MR) is 122 cm³/mol. The summed E-state index contributed by atoms with van der Waals surface area (Å²) in [5.74, 6) is -2.14. The Labute approximate surface area is 201 Å². The summed E-state index contributed by atoms with van der Waals surface area (Å²) in [6, 6.07) is 10.8. The fourth-order valence-corrected chi connectivity index (χ4v) is 4.52. The van der Waals surface area contributed by atoms with Gasteiger partial charge in [-0.25, -0.2) is 0 Å². The Balaban J connectivity index is 1.68. The van der Waals surface area contributed by atoms with Crippen LogP contribution in [0.3, 0.4) is 0 Å². The molecule has 2 aliphatic rings. The highest BCUT2D eigenvalue weighted by Gasteiger charge is 2.44. The van der Waals surface area contributed by atoms with Gasteiger partial charge in [-0.05, 0) is 35.4 Å². The monoisotopic (exact) mass is 485 g/mol. The number of amides is 1. The average Bonchev–Trinajstić information content (AvgIpc) is 3.10. The lowest BCUT2D eigenvalue weighted by atomic mass is 9.95. The molecule has 0 radical (unpaired) electrons. The lowest BCUT2D eigenvalue weighted by molar-refractivity contribution is -0.908. The van der Waals surface area contributed by atoms with Crippen molar-refractivity contribution in [1.82, 2.24) is 4.90 Å². The topological polar surface area (TPSA) is 117 Å². The van der Waals surface area contributed by atoms with Crippen LogP contribution in [0.4, 0.5) is 5.69 Å². The Kier molecular flexibility index (Phi) is 7.26. The third-order valence-corrected chi connectivity index (χ3v) is 6.44. The number of benzene rings is 2. The minimum Gasteiger partial charge on any atom is -0.872 e. The van der Waals surface area contributed by atoms with Gasteiger partial charge in [0.15, 0.2) is 0 Å². The zero-order valence-electron chi connectivity index (χ0n) is 18.4. The summed E-state index contributed by atoms with van der Waals surface area (Å²) in [5, 5.41) is 24.9. The van der Waals surface area contributed by atoms with Crippen molar-refractivity contribution >= 4 is 34.7 Å². The first-order valence-electron chi connectivity index (χ1n) is 11.0. The van der Waals surface area contributed by atoms with Crippen LogP contribution >= 0.6 is 11.6 Å². The van der Waals surface area contributed by atoms with Gasteiger partial charge in [-0.3, -0.25) is 19.7 Å². The molecular weight excluding hydrogens is 462 g/mol. The summed E-state index contributed by atoms with van der Waals surface area (Å²) < 4.78 is 5.37. The summed E-state index contributed by atoms with van der Waals surface area (Å²) in [7, 11) is 0. The minimum absolute atomic E-state index is 0.118. The van der Waals surface area contributed by atoms with E-state index in [4.69, 9.17) is 16.3 Å². The van der Waals surface area contributed by atoms with Crippen LogP contribution < -0.4 is 10.0 Å². The molecule has 2 heterocycles. The van der Waals surface area contributed by atoms with Gasteiger partial charge in [-0.1, -0.05) is 29.5 Å². The molecule has 0 saturated carbocycles. The van der Waals surface area contributed by atoms with Gasteiger partial charge < -0.3 is 19.6 Å². The highest BCUT2D eigenvalue weighted by Crippen LogP contribution is 2.39. The molecule has 0 aliphatic carbocycles. The molecule has 1 amide bonds. The molecule has 1 N–H and O–H groups in total. The average molecular weight is 486 g/mol. The summed E-state index contributed by atoms with van der Waals surface area (Å²) in [4.78, 5) is 39.3. The van der Waals surface area contributed by atoms with Gasteiger partial charge in [0.25, 0.3) is 11.6 Å². The number of nitro benzene ring substituents is 1. The molecule has 1 unspecified atom stereocenters. The Morgan fingerprint density at radius 1 is 1.09 bits per heavy atom. The normalized spacial score (nSPS) is 20.6. The largest absolute Gasteiger partial charge is 0.872 e. The molecule has 2 fully saturated rings. The maximum Gasteiger partial charge on any atom is 0.295 e. The van der Waals surface area contributed by atoms with E-state index in [1.54, 1.807) is 12.1 Å². The number of non-ortho nitro benzene ring substituents is 1. The number of morpholine rings is 1.